The van der Waals surface area contributed by atoms with Crippen molar-refractivity contribution in [3.63, 3.8) is 0 Å². The molecule has 2 aromatic rings. The van der Waals surface area contributed by atoms with Gasteiger partial charge in [-0.25, -0.2) is 4.79 Å². The second-order valence-electron chi connectivity index (χ2n) is 6.62. The normalized spacial score (nSPS) is 11.1. The number of halogens is 1. The molecular weight excluding hydrogens is 422 g/mol. The maximum absolute atomic E-state index is 12.5. The first-order chi connectivity index (χ1) is 15.0. The summed E-state index contributed by atoms with van der Waals surface area (Å²) in [6.07, 6.45) is -0.540. The highest BCUT2D eigenvalue weighted by atomic mass is 35.5. The fraction of sp³-hybridized carbons (Fsp3) is 0.273. The number of amides is 3. The molecule has 0 saturated carbocycles. The fourth-order valence-electron chi connectivity index (χ4n) is 2.59. The molecule has 0 spiro atoms. The first-order valence-electron chi connectivity index (χ1n) is 9.61. The van der Waals surface area contributed by atoms with Gasteiger partial charge in [0.1, 0.15) is 19.2 Å². The van der Waals surface area contributed by atoms with Crippen LogP contribution in [0.4, 0.5) is 4.79 Å². The third-order valence-electron chi connectivity index (χ3n) is 4.15. The quantitative estimate of drug-likeness (QED) is 0.454. The summed E-state index contributed by atoms with van der Waals surface area (Å²) in [7, 11) is 0. The summed E-state index contributed by atoms with van der Waals surface area (Å²) in [5.41, 5.74) is 1.63. The number of alkyl carbamates (subject to hydrolysis) is 1. The highest BCUT2D eigenvalue weighted by Crippen LogP contribution is 2.04. The van der Waals surface area contributed by atoms with E-state index in [-0.39, 0.29) is 37.8 Å². The number of carbonyl (C=O) groups excluding carboxylic acids is 4. The molecule has 3 amide bonds. The van der Waals surface area contributed by atoms with Crippen LogP contribution in [0, 0.1) is 0 Å². The minimum atomic E-state index is -0.930. The number of rotatable bonds is 11. The third-order valence-corrected chi connectivity index (χ3v) is 4.45. The predicted octanol–water partition coefficient (Wildman–Crippen LogP) is 1.56. The van der Waals surface area contributed by atoms with Crippen LogP contribution in [0.3, 0.4) is 0 Å². The Morgan fingerprint density at radius 3 is 2.06 bits per heavy atom. The first kappa shape index (κ1) is 23.9. The van der Waals surface area contributed by atoms with Gasteiger partial charge in [0.15, 0.2) is 5.78 Å². The fourth-order valence-corrected chi connectivity index (χ4v) is 2.68. The lowest BCUT2D eigenvalue weighted by atomic mass is 10.1. The number of Topliss-reactive ketones (excluding diaryl/α,β-unsaturated/α-hetero) is 1. The monoisotopic (exact) mass is 445 g/mol. The molecule has 2 rings (SSSR count). The Morgan fingerprint density at radius 2 is 1.45 bits per heavy atom. The van der Waals surface area contributed by atoms with E-state index in [0.29, 0.717) is 0 Å². The number of ether oxygens (including phenoxy) is 1. The van der Waals surface area contributed by atoms with Gasteiger partial charge in [-0.15, -0.1) is 11.6 Å². The number of hydrogen-bond donors (Lipinski definition) is 3. The molecule has 1 atom stereocenters. The lowest BCUT2D eigenvalue weighted by Crippen LogP contribution is -2.51. The highest BCUT2D eigenvalue weighted by Gasteiger charge is 2.22. The van der Waals surface area contributed by atoms with Gasteiger partial charge in [0.2, 0.25) is 11.8 Å². The van der Waals surface area contributed by atoms with E-state index >= 15 is 0 Å². The van der Waals surface area contributed by atoms with Crippen molar-refractivity contribution < 1.29 is 23.9 Å². The molecule has 0 unspecified atom stereocenters. The van der Waals surface area contributed by atoms with Crippen molar-refractivity contribution in [3.8, 4) is 0 Å². The van der Waals surface area contributed by atoms with E-state index < -0.39 is 23.9 Å². The third kappa shape index (κ3) is 9.31. The lowest BCUT2D eigenvalue weighted by Gasteiger charge is -2.18. The molecule has 0 aromatic heterocycles. The molecule has 0 aliphatic carbocycles. The summed E-state index contributed by atoms with van der Waals surface area (Å²) in [5, 5.41) is 7.38. The van der Waals surface area contributed by atoms with E-state index in [1.165, 1.54) is 0 Å². The zero-order valence-electron chi connectivity index (χ0n) is 16.8. The van der Waals surface area contributed by atoms with Gasteiger partial charge in [0.05, 0.1) is 12.4 Å². The molecule has 164 valence electrons. The Morgan fingerprint density at radius 1 is 0.839 bits per heavy atom. The number of carbonyl (C=O) groups is 4. The molecule has 8 nitrogen and oxygen atoms in total. The van der Waals surface area contributed by atoms with Gasteiger partial charge in [0, 0.05) is 6.42 Å². The smallest absolute Gasteiger partial charge is 0.407 e. The number of alkyl halides is 1. The SMILES string of the molecule is O=C(CCl)CNC(=O)[C@H](Cc1ccccc1)NC(=O)CNC(=O)OCc1ccccc1. The zero-order valence-corrected chi connectivity index (χ0v) is 17.6. The summed E-state index contributed by atoms with van der Waals surface area (Å²) in [6, 6.07) is 17.3. The molecule has 0 heterocycles. The van der Waals surface area contributed by atoms with Crippen molar-refractivity contribution in [2.75, 3.05) is 19.0 Å². The van der Waals surface area contributed by atoms with E-state index in [0.717, 1.165) is 11.1 Å². The van der Waals surface area contributed by atoms with E-state index in [1.807, 2.05) is 60.7 Å². The Kier molecular flexibility index (Phi) is 10.0. The van der Waals surface area contributed by atoms with Crippen LogP contribution < -0.4 is 16.0 Å². The van der Waals surface area contributed by atoms with Crippen LogP contribution in [0.1, 0.15) is 11.1 Å². The van der Waals surface area contributed by atoms with Gasteiger partial charge >= 0.3 is 6.09 Å². The molecule has 0 bridgehead atoms. The van der Waals surface area contributed by atoms with E-state index in [2.05, 4.69) is 16.0 Å². The molecule has 0 aliphatic heterocycles. The second-order valence-corrected chi connectivity index (χ2v) is 6.88. The second kappa shape index (κ2) is 13.0. The van der Waals surface area contributed by atoms with Gasteiger partial charge in [0.25, 0.3) is 0 Å². The Hall–Kier alpha value is -3.39. The molecule has 0 fully saturated rings. The van der Waals surface area contributed by atoms with Crippen LogP contribution >= 0.6 is 11.6 Å². The summed E-state index contributed by atoms with van der Waals surface area (Å²) < 4.78 is 5.04. The maximum Gasteiger partial charge on any atom is 0.407 e. The van der Waals surface area contributed by atoms with Gasteiger partial charge in [-0.2, -0.15) is 0 Å². The van der Waals surface area contributed by atoms with E-state index in [9.17, 15) is 19.2 Å². The standard InChI is InChI=1S/C22H24ClN3O5/c23-12-18(27)13-24-21(29)19(11-16-7-3-1-4-8-16)26-20(28)14-25-22(30)31-15-17-9-5-2-6-10-17/h1-10,19H,11-15H2,(H,24,29)(H,25,30)(H,26,28)/t19-/m0/s1. The van der Waals surface area contributed by atoms with Gasteiger partial charge in [-0.1, -0.05) is 60.7 Å². The average Bonchev–Trinajstić information content (AvgIpc) is 2.80. The molecule has 3 N–H and O–H groups in total. The lowest BCUT2D eigenvalue weighted by molar-refractivity contribution is -0.129. The largest absolute Gasteiger partial charge is 0.445 e. The minimum absolute atomic E-state index is 0.0714. The van der Waals surface area contributed by atoms with Crippen LogP contribution in [0.25, 0.3) is 0 Å². The topological polar surface area (TPSA) is 114 Å². The molecule has 0 saturated heterocycles. The van der Waals surface area contributed by atoms with Gasteiger partial charge < -0.3 is 20.7 Å². The predicted molar refractivity (Wildman–Crippen MR) is 115 cm³/mol. The molecule has 0 radical (unpaired) electrons. The summed E-state index contributed by atoms with van der Waals surface area (Å²) >= 11 is 5.44. The minimum Gasteiger partial charge on any atom is -0.445 e. The van der Waals surface area contributed by atoms with Crippen molar-refractivity contribution in [2.45, 2.75) is 19.1 Å². The molecular formula is C22H24ClN3O5. The van der Waals surface area contributed by atoms with E-state index in [1.54, 1.807) is 0 Å². The Labute approximate surface area is 185 Å². The summed E-state index contributed by atoms with van der Waals surface area (Å²) in [4.78, 5) is 47.9. The van der Waals surface area contributed by atoms with Crippen LogP contribution in [-0.4, -0.2) is 48.7 Å². The van der Waals surface area contributed by atoms with Crippen LogP contribution in [0.15, 0.2) is 60.7 Å². The average molecular weight is 446 g/mol. The maximum atomic E-state index is 12.5. The van der Waals surface area contributed by atoms with Crippen LogP contribution in [-0.2, 0) is 32.1 Å². The highest BCUT2D eigenvalue weighted by molar-refractivity contribution is 6.28. The summed E-state index contributed by atoms with van der Waals surface area (Å²) in [6.45, 7) is -0.526. The number of hydrogen-bond acceptors (Lipinski definition) is 5. The zero-order chi connectivity index (χ0) is 22.5. The molecule has 0 aliphatic rings. The van der Waals surface area contributed by atoms with Crippen molar-refractivity contribution in [2.24, 2.45) is 0 Å². The molecule has 2 aromatic carbocycles. The van der Waals surface area contributed by atoms with Crippen molar-refractivity contribution in [1.29, 1.82) is 0 Å². The van der Waals surface area contributed by atoms with E-state index in [4.69, 9.17) is 16.3 Å². The Balaban J connectivity index is 1.86. The van der Waals surface area contributed by atoms with Crippen molar-refractivity contribution in [1.82, 2.24) is 16.0 Å². The number of nitrogens with one attached hydrogen (secondary N) is 3. The van der Waals surface area contributed by atoms with Crippen molar-refractivity contribution >= 4 is 35.3 Å². The number of ketones is 1. The molecule has 31 heavy (non-hydrogen) atoms. The van der Waals surface area contributed by atoms with Crippen LogP contribution in [0.2, 0.25) is 0 Å². The first-order valence-corrected chi connectivity index (χ1v) is 10.1. The van der Waals surface area contributed by atoms with Crippen LogP contribution in [0.5, 0.6) is 0 Å². The molecule has 9 heteroatoms. The Bertz CT molecular complexity index is 877. The van der Waals surface area contributed by atoms with Gasteiger partial charge in [-0.05, 0) is 11.1 Å². The van der Waals surface area contributed by atoms with Crippen molar-refractivity contribution in [3.05, 3.63) is 71.8 Å². The number of benzene rings is 2. The summed E-state index contributed by atoms with van der Waals surface area (Å²) in [5.74, 6) is -1.66. The van der Waals surface area contributed by atoms with Gasteiger partial charge in [-0.3, -0.25) is 14.4 Å².